The predicted octanol–water partition coefficient (Wildman–Crippen LogP) is 2.07. The van der Waals surface area contributed by atoms with Crippen LogP contribution in [0.5, 0.6) is 0 Å². The van der Waals surface area contributed by atoms with Gasteiger partial charge in [0.15, 0.2) is 4.96 Å². The van der Waals surface area contributed by atoms with Crippen LogP contribution in [0.25, 0.3) is 4.96 Å². The van der Waals surface area contributed by atoms with Crippen molar-refractivity contribution in [3.8, 4) is 0 Å². The second-order valence-corrected chi connectivity index (χ2v) is 5.44. The van der Waals surface area contributed by atoms with Gasteiger partial charge in [-0.15, -0.1) is 11.3 Å². The number of imidazole rings is 2. The van der Waals surface area contributed by atoms with Crippen molar-refractivity contribution in [3.63, 3.8) is 0 Å². The van der Waals surface area contributed by atoms with Crippen molar-refractivity contribution in [2.24, 2.45) is 0 Å². The number of hydrogen-bond acceptors (Lipinski definition) is 4. The summed E-state index contributed by atoms with van der Waals surface area (Å²) in [5.74, 6) is 1.02. The third-order valence-electron chi connectivity index (χ3n) is 3.22. The fourth-order valence-electron chi connectivity index (χ4n) is 2.22. The Morgan fingerprint density at radius 1 is 1.42 bits per heavy atom. The molecule has 0 atom stereocenters. The van der Waals surface area contributed by atoms with Gasteiger partial charge in [0.2, 0.25) is 0 Å². The van der Waals surface area contributed by atoms with E-state index in [1.165, 1.54) is 11.4 Å². The zero-order chi connectivity index (χ0) is 13.2. The van der Waals surface area contributed by atoms with Crippen LogP contribution in [0.1, 0.15) is 22.9 Å². The SMILES string of the molecule is Cc1nc2scc(C)n2c1CNCCc1ncc[nH]1. The molecule has 3 rings (SSSR count). The van der Waals surface area contributed by atoms with E-state index >= 15 is 0 Å². The Kier molecular flexibility index (Phi) is 3.35. The highest BCUT2D eigenvalue weighted by Gasteiger charge is 2.11. The van der Waals surface area contributed by atoms with Gasteiger partial charge in [0.05, 0.1) is 11.4 Å². The Hall–Kier alpha value is -1.66. The fourth-order valence-corrected chi connectivity index (χ4v) is 3.15. The number of H-pyrrole nitrogens is 1. The molecule has 0 aromatic carbocycles. The number of thiazole rings is 1. The number of nitrogens with one attached hydrogen (secondary N) is 2. The maximum Gasteiger partial charge on any atom is 0.194 e. The molecule has 3 aromatic heterocycles. The van der Waals surface area contributed by atoms with E-state index in [2.05, 4.69) is 43.9 Å². The van der Waals surface area contributed by atoms with Gasteiger partial charge < -0.3 is 10.3 Å². The number of aromatic amines is 1. The smallest absolute Gasteiger partial charge is 0.194 e. The van der Waals surface area contributed by atoms with E-state index in [4.69, 9.17) is 0 Å². The van der Waals surface area contributed by atoms with E-state index in [0.717, 1.165) is 36.0 Å². The molecule has 0 radical (unpaired) electrons. The standard InChI is InChI=1S/C13H17N5S/c1-9-8-19-13-17-10(2)11(18(9)13)7-14-4-3-12-15-5-6-16-12/h5-6,8,14H,3-4,7H2,1-2H3,(H,15,16). The predicted molar refractivity (Wildman–Crippen MR) is 76.5 cm³/mol. The Morgan fingerprint density at radius 2 is 2.32 bits per heavy atom. The topological polar surface area (TPSA) is 58.0 Å². The quantitative estimate of drug-likeness (QED) is 0.701. The summed E-state index contributed by atoms with van der Waals surface area (Å²) in [4.78, 5) is 13.0. The van der Waals surface area contributed by atoms with Crippen molar-refractivity contribution in [2.45, 2.75) is 26.8 Å². The van der Waals surface area contributed by atoms with Gasteiger partial charge in [0.1, 0.15) is 5.82 Å². The van der Waals surface area contributed by atoms with Crippen LogP contribution in [0, 0.1) is 13.8 Å². The molecule has 0 aliphatic heterocycles. The Morgan fingerprint density at radius 3 is 3.11 bits per heavy atom. The van der Waals surface area contributed by atoms with Crippen molar-refractivity contribution in [1.82, 2.24) is 24.7 Å². The van der Waals surface area contributed by atoms with Crippen LogP contribution in [-0.2, 0) is 13.0 Å². The van der Waals surface area contributed by atoms with Gasteiger partial charge >= 0.3 is 0 Å². The molecule has 0 saturated heterocycles. The van der Waals surface area contributed by atoms with Crippen LogP contribution in [0.3, 0.4) is 0 Å². The average Bonchev–Trinajstić information content (AvgIpc) is 3.07. The molecule has 5 nitrogen and oxygen atoms in total. The Balaban J connectivity index is 1.65. The molecule has 0 amide bonds. The average molecular weight is 275 g/mol. The first-order chi connectivity index (χ1) is 9.25. The minimum absolute atomic E-state index is 0.839. The number of rotatable bonds is 5. The first kappa shape index (κ1) is 12.4. The maximum absolute atomic E-state index is 4.59. The van der Waals surface area contributed by atoms with Crippen LogP contribution >= 0.6 is 11.3 Å². The van der Waals surface area contributed by atoms with Gasteiger partial charge in [-0.2, -0.15) is 0 Å². The fraction of sp³-hybridized carbons (Fsp3) is 0.385. The molecule has 0 unspecified atom stereocenters. The number of nitrogens with zero attached hydrogens (tertiary/aromatic N) is 3. The lowest BCUT2D eigenvalue weighted by Crippen LogP contribution is -2.19. The molecular weight excluding hydrogens is 258 g/mol. The second-order valence-electron chi connectivity index (χ2n) is 4.60. The maximum atomic E-state index is 4.59. The van der Waals surface area contributed by atoms with Crippen LogP contribution in [0.4, 0.5) is 0 Å². The second kappa shape index (κ2) is 5.14. The number of fused-ring (bicyclic) bond motifs is 1. The van der Waals surface area contributed by atoms with Gasteiger partial charge in [0, 0.05) is 43.0 Å². The van der Waals surface area contributed by atoms with Crippen LogP contribution in [-0.4, -0.2) is 25.9 Å². The van der Waals surface area contributed by atoms with Gasteiger partial charge in [-0.05, 0) is 13.8 Å². The van der Waals surface area contributed by atoms with Crippen LogP contribution < -0.4 is 5.32 Å². The van der Waals surface area contributed by atoms with Crippen molar-refractivity contribution < 1.29 is 0 Å². The molecule has 0 spiro atoms. The van der Waals surface area contributed by atoms with Gasteiger partial charge in [0.25, 0.3) is 0 Å². The molecule has 100 valence electrons. The van der Waals surface area contributed by atoms with E-state index in [-0.39, 0.29) is 0 Å². The molecule has 6 heteroatoms. The van der Waals surface area contributed by atoms with Gasteiger partial charge in [-0.25, -0.2) is 9.97 Å². The zero-order valence-electron chi connectivity index (χ0n) is 11.1. The summed E-state index contributed by atoms with van der Waals surface area (Å²) >= 11 is 1.70. The normalized spacial score (nSPS) is 11.5. The first-order valence-electron chi connectivity index (χ1n) is 6.36. The third-order valence-corrected chi connectivity index (χ3v) is 4.16. The van der Waals surface area contributed by atoms with Crippen LogP contribution in [0.2, 0.25) is 0 Å². The lowest BCUT2D eigenvalue weighted by molar-refractivity contribution is 0.656. The molecule has 2 N–H and O–H groups in total. The molecule has 3 heterocycles. The largest absolute Gasteiger partial charge is 0.349 e. The van der Waals surface area contributed by atoms with Crippen molar-refractivity contribution >= 4 is 16.3 Å². The van der Waals surface area contributed by atoms with Gasteiger partial charge in [-0.3, -0.25) is 4.40 Å². The molecule has 19 heavy (non-hydrogen) atoms. The summed E-state index contributed by atoms with van der Waals surface area (Å²) in [5.41, 5.74) is 3.62. The Labute approximate surface area is 115 Å². The number of hydrogen-bond donors (Lipinski definition) is 2. The highest BCUT2D eigenvalue weighted by atomic mass is 32.1. The lowest BCUT2D eigenvalue weighted by atomic mass is 10.3. The molecule has 0 fully saturated rings. The Bertz CT molecular complexity index is 665. The highest BCUT2D eigenvalue weighted by Crippen LogP contribution is 2.20. The molecule has 0 aliphatic rings. The summed E-state index contributed by atoms with van der Waals surface area (Å²) in [7, 11) is 0. The summed E-state index contributed by atoms with van der Waals surface area (Å²) < 4.78 is 2.24. The van der Waals surface area contributed by atoms with E-state index in [1.54, 1.807) is 17.5 Å². The lowest BCUT2D eigenvalue weighted by Gasteiger charge is -2.05. The summed E-state index contributed by atoms with van der Waals surface area (Å²) in [5, 5.41) is 5.61. The third kappa shape index (κ3) is 2.41. The molecule has 0 bridgehead atoms. The zero-order valence-corrected chi connectivity index (χ0v) is 11.9. The minimum Gasteiger partial charge on any atom is -0.349 e. The van der Waals surface area contributed by atoms with E-state index in [9.17, 15) is 0 Å². The summed E-state index contributed by atoms with van der Waals surface area (Å²) in [6.45, 7) is 5.94. The number of aromatic nitrogens is 4. The summed E-state index contributed by atoms with van der Waals surface area (Å²) in [6.07, 6.45) is 4.56. The molecule has 3 aromatic rings. The van der Waals surface area contributed by atoms with E-state index in [0.29, 0.717) is 0 Å². The summed E-state index contributed by atoms with van der Waals surface area (Å²) in [6, 6.07) is 0. The van der Waals surface area contributed by atoms with Crippen molar-refractivity contribution in [1.29, 1.82) is 0 Å². The molecule has 0 saturated carbocycles. The monoisotopic (exact) mass is 275 g/mol. The molecule has 0 aliphatic carbocycles. The van der Waals surface area contributed by atoms with Crippen molar-refractivity contribution in [3.05, 3.63) is 40.7 Å². The molecular formula is C13H17N5S. The van der Waals surface area contributed by atoms with Gasteiger partial charge in [-0.1, -0.05) is 0 Å². The number of aryl methyl sites for hydroxylation is 2. The highest BCUT2D eigenvalue weighted by molar-refractivity contribution is 7.15. The van der Waals surface area contributed by atoms with E-state index < -0.39 is 0 Å². The van der Waals surface area contributed by atoms with Crippen LogP contribution in [0.15, 0.2) is 17.8 Å². The minimum atomic E-state index is 0.839. The van der Waals surface area contributed by atoms with Crippen molar-refractivity contribution in [2.75, 3.05) is 6.54 Å². The first-order valence-corrected chi connectivity index (χ1v) is 7.24. The van der Waals surface area contributed by atoms with E-state index in [1.807, 2.05) is 6.20 Å².